The number of carboxylic acid groups (broad SMARTS) is 1. The van der Waals surface area contributed by atoms with Gasteiger partial charge in [0.25, 0.3) is 0 Å². The zero-order valence-corrected chi connectivity index (χ0v) is 9.62. The minimum Gasteiger partial charge on any atom is -0.481 e. The molecule has 2 N–H and O–H groups in total. The number of carbonyl (C=O) groups excluding carboxylic acids is 1. The quantitative estimate of drug-likeness (QED) is 0.642. The molecule has 5 heteroatoms. The third kappa shape index (κ3) is 7.93. The molecule has 0 aromatic rings. The fourth-order valence-electron chi connectivity index (χ4n) is 0.933. The van der Waals surface area contributed by atoms with E-state index in [-0.39, 0.29) is 24.8 Å². The van der Waals surface area contributed by atoms with Crippen LogP contribution >= 0.6 is 0 Å². The molecule has 88 valence electrons. The van der Waals surface area contributed by atoms with E-state index >= 15 is 0 Å². The topological polar surface area (TPSA) is 69.6 Å². The van der Waals surface area contributed by atoms with Gasteiger partial charge in [0.15, 0.2) is 0 Å². The highest BCUT2D eigenvalue weighted by molar-refractivity contribution is 5.76. The number of amides is 1. The summed E-state index contributed by atoms with van der Waals surface area (Å²) in [6, 6.07) is 0.286. The molecule has 0 heterocycles. The van der Waals surface area contributed by atoms with E-state index in [2.05, 4.69) is 5.32 Å². The number of rotatable bonds is 7. The predicted molar refractivity (Wildman–Crippen MR) is 57.6 cm³/mol. The normalized spacial score (nSPS) is 12.5. The standard InChI is InChI=1S/C10H20N2O3/c1-8(12(2)3)7-11-9(13)5-4-6-10(14)15/h8H,4-7H2,1-3H3,(H,11,13)(H,14,15). The number of aliphatic carboxylic acids is 1. The third-order valence-electron chi connectivity index (χ3n) is 2.27. The Morgan fingerprint density at radius 2 is 1.93 bits per heavy atom. The highest BCUT2D eigenvalue weighted by atomic mass is 16.4. The summed E-state index contributed by atoms with van der Waals surface area (Å²) in [5.74, 6) is -0.936. The molecule has 5 nitrogen and oxygen atoms in total. The lowest BCUT2D eigenvalue weighted by molar-refractivity contribution is -0.137. The lowest BCUT2D eigenvalue weighted by atomic mass is 10.2. The molecule has 0 aliphatic carbocycles. The number of nitrogens with one attached hydrogen (secondary N) is 1. The van der Waals surface area contributed by atoms with Gasteiger partial charge in [0, 0.05) is 25.4 Å². The first-order chi connectivity index (χ1) is 6.93. The van der Waals surface area contributed by atoms with Crippen molar-refractivity contribution >= 4 is 11.9 Å². The lowest BCUT2D eigenvalue weighted by Crippen LogP contribution is -2.38. The van der Waals surface area contributed by atoms with E-state index in [4.69, 9.17) is 5.11 Å². The van der Waals surface area contributed by atoms with Crippen LogP contribution in [0.15, 0.2) is 0 Å². The molecule has 0 saturated carbocycles. The van der Waals surface area contributed by atoms with Crippen molar-refractivity contribution in [3.63, 3.8) is 0 Å². The number of nitrogens with zero attached hydrogens (tertiary/aromatic N) is 1. The Morgan fingerprint density at radius 3 is 2.40 bits per heavy atom. The molecule has 0 aromatic carbocycles. The van der Waals surface area contributed by atoms with Crippen LogP contribution in [0.4, 0.5) is 0 Å². The van der Waals surface area contributed by atoms with Crippen LogP contribution in [0.1, 0.15) is 26.2 Å². The Hall–Kier alpha value is -1.10. The maximum Gasteiger partial charge on any atom is 0.303 e. The van der Waals surface area contributed by atoms with E-state index < -0.39 is 5.97 Å². The van der Waals surface area contributed by atoms with Gasteiger partial charge in [-0.2, -0.15) is 0 Å². The molecule has 0 radical (unpaired) electrons. The summed E-state index contributed by atoms with van der Waals surface area (Å²) in [5, 5.41) is 11.1. The van der Waals surface area contributed by atoms with Crippen LogP contribution in [-0.2, 0) is 9.59 Å². The number of carboxylic acids is 1. The third-order valence-corrected chi connectivity index (χ3v) is 2.27. The molecule has 15 heavy (non-hydrogen) atoms. The van der Waals surface area contributed by atoms with Gasteiger partial charge in [0.1, 0.15) is 0 Å². The number of carbonyl (C=O) groups is 2. The van der Waals surface area contributed by atoms with Crippen molar-refractivity contribution in [1.29, 1.82) is 0 Å². The fourth-order valence-corrected chi connectivity index (χ4v) is 0.933. The van der Waals surface area contributed by atoms with Gasteiger partial charge in [-0.25, -0.2) is 0 Å². The molecule has 0 spiro atoms. The Morgan fingerprint density at radius 1 is 1.33 bits per heavy atom. The molecular formula is C10H20N2O3. The molecule has 0 fully saturated rings. The van der Waals surface area contributed by atoms with Gasteiger partial charge in [-0.3, -0.25) is 9.59 Å². The van der Waals surface area contributed by atoms with Crippen molar-refractivity contribution in [1.82, 2.24) is 10.2 Å². The summed E-state index contributed by atoms with van der Waals surface area (Å²) in [6.07, 6.45) is 0.737. The minimum absolute atomic E-state index is 0.0522. The minimum atomic E-state index is -0.857. The van der Waals surface area contributed by atoms with E-state index in [0.29, 0.717) is 13.0 Å². The van der Waals surface area contributed by atoms with Crippen molar-refractivity contribution in [2.75, 3.05) is 20.6 Å². The van der Waals surface area contributed by atoms with Gasteiger partial charge >= 0.3 is 5.97 Å². The van der Waals surface area contributed by atoms with Crippen molar-refractivity contribution in [3.8, 4) is 0 Å². The van der Waals surface area contributed by atoms with Gasteiger partial charge in [0.2, 0.25) is 5.91 Å². The Bertz CT molecular complexity index is 217. The summed E-state index contributed by atoms with van der Waals surface area (Å²) in [6.45, 7) is 2.61. The van der Waals surface area contributed by atoms with Crippen molar-refractivity contribution in [2.24, 2.45) is 0 Å². The molecule has 1 unspecified atom stereocenters. The van der Waals surface area contributed by atoms with Gasteiger partial charge in [-0.05, 0) is 27.4 Å². The zero-order chi connectivity index (χ0) is 11.8. The van der Waals surface area contributed by atoms with Gasteiger partial charge < -0.3 is 15.3 Å². The van der Waals surface area contributed by atoms with Crippen molar-refractivity contribution < 1.29 is 14.7 Å². The first-order valence-electron chi connectivity index (χ1n) is 5.08. The van der Waals surface area contributed by atoms with E-state index in [1.165, 1.54) is 0 Å². The molecule has 1 atom stereocenters. The van der Waals surface area contributed by atoms with Crippen LogP contribution in [0.25, 0.3) is 0 Å². The highest BCUT2D eigenvalue weighted by Gasteiger charge is 2.07. The SMILES string of the molecule is CC(CNC(=O)CCCC(=O)O)N(C)C. The number of hydrogen-bond donors (Lipinski definition) is 2. The van der Waals surface area contributed by atoms with E-state index in [0.717, 1.165) is 0 Å². The zero-order valence-electron chi connectivity index (χ0n) is 9.62. The Labute approximate surface area is 90.5 Å². The average molecular weight is 216 g/mol. The summed E-state index contributed by atoms with van der Waals surface area (Å²) >= 11 is 0. The molecule has 0 aliphatic heterocycles. The maximum atomic E-state index is 11.2. The second-order valence-electron chi connectivity index (χ2n) is 3.86. The van der Waals surface area contributed by atoms with Crippen LogP contribution in [0.2, 0.25) is 0 Å². The number of likely N-dealkylation sites (N-methyl/N-ethyl adjacent to an activating group) is 1. The molecule has 0 aromatic heterocycles. The van der Waals surface area contributed by atoms with Crippen molar-refractivity contribution in [2.45, 2.75) is 32.2 Å². The summed E-state index contributed by atoms with van der Waals surface area (Å²) in [5.41, 5.74) is 0. The highest BCUT2D eigenvalue weighted by Crippen LogP contribution is 1.95. The van der Waals surface area contributed by atoms with E-state index in [1.807, 2.05) is 25.9 Å². The molecule has 0 bridgehead atoms. The van der Waals surface area contributed by atoms with Crippen LogP contribution < -0.4 is 5.32 Å². The van der Waals surface area contributed by atoms with Crippen LogP contribution in [0, 0.1) is 0 Å². The lowest BCUT2D eigenvalue weighted by Gasteiger charge is -2.19. The molecule has 0 saturated heterocycles. The van der Waals surface area contributed by atoms with E-state index in [9.17, 15) is 9.59 Å². The average Bonchev–Trinajstić information content (AvgIpc) is 2.13. The predicted octanol–water partition coefficient (Wildman–Crippen LogP) is 0.308. The van der Waals surface area contributed by atoms with E-state index in [1.54, 1.807) is 0 Å². The second-order valence-corrected chi connectivity index (χ2v) is 3.86. The van der Waals surface area contributed by atoms with Crippen LogP contribution in [0.3, 0.4) is 0 Å². The maximum absolute atomic E-state index is 11.2. The smallest absolute Gasteiger partial charge is 0.303 e. The van der Waals surface area contributed by atoms with Crippen molar-refractivity contribution in [3.05, 3.63) is 0 Å². The van der Waals surface area contributed by atoms with Gasteiger partial charge in [0.05, 0.1) is 0 Å². The van der Waals surface area contributed by atoms with Crippen LogP contribution in [-0.4, -0.2) is 48.6 Å². The largest absolute Gasteiger partial charge is 0.481 e. The summed E-state index contributed by atoms with van der Waals surface area (Å²) < 4.78 is 0. The fraction of sp³-hybridized carbons (Fsp3) is 0.800. The summed E-state index contributed by atoms with van der Waals surface area (Å²) in [7, 11) is 3.89. The number of hydrogen-bond acceptors (Lipinski definition) is 3. The molecule has 0 aliphatic rings. The monoisotopic (exact) mass is 216 g/mol. The first kappa shape index (κ1) is 13.9. The molecule has 0 rings (SSSR count). The summed E-state index contributed by atoms with van der Waals surface area (Å²) in [4.78, 5) is 23.4. The Kier molecular flexibility index (Phi) is 6.70. The molecule has 1 amide bonds. The first-order valence-corrected chi connectivity index (χ1v) is 5.08. The van der Waals surface area contributed by atoms with Gasteiger partial charge in [-0.1, -0.05) is 0 Å². The second kappa shape index (κ2) is 7.23. The van der Waals surface area contributed by atoms with Crippen LogP contribution in [0.5, 0.6) is 0 Å². The van der Waals surface area contributed by atoms with Gasteiger partial charge in [-0.15, -0.1) is 0 Å². The Balaban J connectivity index is 3.53. The molecular weight excluding hydrogens is 196 g/mol.